The average molecular weight is 276 g/mol. The molecule has 2 heterocycles. The van der Waals surface area contributed by atoms with E-state index >= 15 is 0 Å². The van der Waals surface area contributed by atoms with Gasteiger partial charge in [0.05, 0.1) is 0 Å². The van der Waals surface area contributed by atoms with Crippen LogP contribution in [0.4, 0.5) is 0 Å². The maximum Gasteiger partial charge on any atom is 0.267 e. The number of nitrogens with zero attached hydrogens (tertiary/aromatic N) is 1. The number of likely N-dealkylation sites (tertiary alicyclic amines) is 1. The van der Waals surface area contributed by atoms with E-state index in [0.717, 1.165) is 25.9 Å². The van der Waals surface area contributed by atoms with Gasteiger partial charge in [0.2, 0.25) is 6.10 Å². The first kappa shape index (κ1) is 13.2. The molecule has 1 aromatic rings. The van der Waals surface area contributed by atoms with Gasteiger partial charge in [-0.2, -0.15) is 0 Å². The predicted octanol–water partition coefficient (Wildman–Crippen LogP) is 1.02. The lowest BCUT2D eigenvalue weighted by Crippen LogP contribution is -2.49. The second kappa shape index (κ2) is 5.71. The zero-order valence-electron chi connectivity index (χ0n) is 11.5. The van der Waals surface area contributed by atoms with E-state index in [1.165, 1.54) is 0 Å². The monoisotopic (exact) mass is 276 g/mol. The molecule has 2 N–H and O–H groups in total. The van der Waals surface area contributed by atoms with E-state index in [2.05, 4.69) is 0 Å². The van der Waals surface area contributed by atoms with Gasteiger partial charge in [-0.1, -0.05) is 12.1 Å². The second-order valence-electron chi connectivity index (χ2n) is 5.37. The van der Waals surface area contributed by atoms with E-state index in [0.29, 0.717) is 24.0 Å². The second-order valence-corrected chi connectivity index (χ2v) is 5.37. The molecule has 3 rings (SSSR count). The molecule has 20 heavy (non-hydrogen) atoms. The number of carbonyl (C=O) groups excluding carboxylic acids is 1. The van der Waals surface area contributed by atoms with Crippen LogP contribution in [0.2, 0.25) is 0 Å². The van der Waals surface area contributed by atoms with Gasteiger partial charge >= 0.3 is 0 Å². The minimum absolute atomic E-state index is 0.0231. The minimum atomic E-state index is -0.528. The lowest BCUT2D eigenvalue weighted by Gasteiger charge is -2.35. The summed E-state index contributed by atoms with van der Waals surface area (Å²) in [4.78, 5) is 14.3. The predicted molar refractivity (Wildman–Crippen MR) is 74.7 cm³/mol. The van der Waals surface area contributed by atoms with Crippen LogP contribution in [0.25, 0.3) is 0 Å². The van der Waals surface area contributed by atoms with E-state index in [1.807, 2.05) is 29.2 Å². The average Bonchev–Trinajstić information content (AvgIpc) is 2.54. The van der Waals surface area contributed by atoms with Gasteiger partial charge in [-0.3, -0.25) is 4.79 Å². The Morgan fingerprint density at radius 1 is 1.25 bits per heavy atom. The third kappa shape index (κ3) is 2.58. The SMILES string of the molecule is NCC1CCN(C(=O)[C@H]2COc3ccccc3O2)CC1. The van der Waals surface area contributed by atoms with Crippen LogP contribution >= 0.6 is 0 Å². The Kier molecular flexibility index (Phi) is 3.78. The molecule has 0 aromatic heterocycles. The van der Waals surface area contributed by atoms with Gasteiger partial charge in [0.25, 0.3) is 5.91 Å². The Hall–Kier alpha value is -1.75. The van der Waals surface area contributed by atoms with Crippen LogP contribution in [0.1, 0.15) is 12.8 Å². The summed E-state index contributed by atoms with van der Waals surface area (Å²) < 4.78 is 11.4. The van der Waals surface area contributed by atoms with Gasteiger partial charge in [0.1, 0.15) is 6.61 Å². The highest BCUT2D eigenvalue weighted by Gasteiger charge is 2.32. The zero-order valence-corrected chi connectivity index (χ0v) is 11.5. The summed E-state index contributed by atoms with van der Waals surface area (Å²) in [7, 11) is 0. The van der Waals surface area contributed by atoms with Crippen molar-refractivity contribution in [3.63, 3.8) is 0 Å². The summed E-state index contributed by atoms with van der Waals surface area (Å²) in [5.41, 5.74) is 5.67. The molecule has 108 valence electrons. The van der Waals surface area contributed by atoms with E-state index in [1.54, 1.807) is 0 Å². The molecule has 2 aliphatic rings. The van der Waals surface area contributed by atoms with Crippen LogP contribution in [0.3, 0.4) is 0 Å². The van der Waals surface area contributed by atoms with Crippen LogP contribution < -0.4 is 15.2 Å². The van der Waals surface area contributed by atoms with E-state index in [9.17, 15) is 4.79 Å². The van der Waals surface area contributed by atoms with Crippen molar-refractivity contribution in [1.29, 1.82) is 0 Å². The number of carbonyl (C=O) groups is 1. The highest BCUT2D eigenvalue weighted by Crippen LogP contribution is 2.31. The van der Waals surface area contributed by atoms with Crippen LogP contribution in [0.15, 0.2) is 24.3 Å². The maximum atomic E-state index is 12.4. The van der Waals surface area contributed by atoms with Crippen molar-refractivity contribution in [3.8, 4) is 11.5 Å². The quantitative estimate of drug-likeness (QED) is 0.876. The Bertz CT molecular complexity index is 484. The van der Waals surface area contributed by atoms with Gasteiger partial charge in [0, 0.05) is 13.1 Å². The van der Waals surface area contributed by atoms with Gasteiger partial charge in [-0.15, -0.1) is 0 Å². The lowest BCUT2D eigenvalue weighted by molar-refractivity contribution is -0.142. The van der Waals surface area contributed by atoms with Crippen LogP contribution in [0.5, 0.6) is 11.5 Å². The third-order valence-corrected chi connectivity index (χ3v) is 4.04. The molecule has 1 atom stereocenters. The Balaban J connectivity index is 1.62. The topological polar surface area (TPSA) is 64.8 Å². The number of para-hydroxylation sites is 2. The number of piperidine rings is 1. The number of rotatable bonds is 2. The summed E-state index contributed by atoms with van der Waals surface area (Å²) >= 11 is 0. The Morgan fingerprint density at radius 3 is 2.65 bits per heavy atom. The Morgan fingerprint density at radius 2 is 1.95 bits per heavy atom. The molecule has 5 nitrogen and oxygen atoms in total. The van der Waals surface area contributed by atoms with Gasteiger partial charge in [0.15, 0.2) is 11.5 Å². The van der Waals surface area contributed by atoms with Crippen molar-refractivity contribution >= 4 is 5.91 Å². The molecule has 0 unspecified atom stereocenters. The number of nitrogens with two attached hydrogens (primary N) is 1. The summed E-state index contributed by atoms with van der Waals surface area (Å²) in [6.45, 7) is 2.52. The number of amides is 1. The number of hydrogen-bond donors (Lipinski definition) is 1. The van der Waals surface area contributed by atoms with E-state index in [-0.39, 0.29) is 12.5 Å². The molecule has 0 bridgehead atoms. The van der Waals surface area contributed by atoms with Crippen LogP contribution in [-0.4, -0.2) is 43.2 Å². The number of fused-ring (bicyclic) bond motifs is 1. The van der Waals surface area contributed by atoms with Crippen LogP contribution in [0, 0.1) is 5.92 Å². The Labute approximate surface area is 118 Å². The summed E-state index contributed by atoms with van der Waals surface area (Å²) in [5.74, 6) is 1.92. The van der Waals surface area contributed by atoms with E-state index in [4.69, 9.17) is 15.2 Å². The summed E-state index contributed by atoms with van der Waals surface area (Å²) in [5, 5.41) is 0. The largest absolute Gasteiger partial charge is 0.485 e. The molecule has 0 aliphatic carbocycles. The van der Waals surface area contributed by atoms with Crippen molar-refractivity contribution < 1.29 is 14.3 Å². The fourth-order valence-electron chi connectivity index (χ4n) is 2.73. The minimum Gasteiger partial charge on any atom is -0.485 e. The van der Waals surface area contributed by atoms with Crippen molar-refractivity contribution in [2.75, 3.05) is 26.2 Å². The van der Waals surface area contributed by atoms with Gasteiger partial charge < -0.3 is 20.1 Å². The van der Waals surface area contributed by atoms with Crippen molar-refractivity contribution in [1.82, 2.24) is 4.90 Å². The molecule has 1 saturated heterocycles. The molecule has 5 heteroatoms. The first-order valence-corrected chi connectivity index (χ1v) is 7.15. The van der Waals surface area contributed by atoms with Gasteiger partial charge in [-0.25, -0.2) is 0 Å². The zero-order chi connectivity index (χ0) is 13.9. The molecule has 1 aromatic carbocycles. The maximum absolute atomic E-state index is 12.4. The molecule has 2 aliphatic heterocycles. The normalized spacial score (nSPS) is 22.6. The molecule has 0 saturated carbocycles. The summed E-state index contributed by atoms with van der Waals surface area (Å²) in [6.07, 6.45) is 1.43. The van der Waals surface area contributed by atoms with Gasteiger partial charge in [-0.05, 0) is 37.4 Å². The molecule has 1 amide bonds. The summed E-state index contributed by atoms with van der Waals surface area (Å²) in [6, 6.07) is 7.45. The highest BCUT2D eigenvalue weighted by molar-refractivity contribution is 5.82. The first-order valence-electron chi connectivity index (χ1n) is 7.15. The van der Waals surface area contributed by atoms with Crippen LogP contribution in [-0.2, 0) is 4.79 Å². The molecule has 1 fully saturated rings. The lowest BCUT2D eigenvalue weighted by atomic mass is 9.97. The fourth-order valence-corrected chi connectivity index (χ4v) is 2.73. The van der Waals surface area contributed by atoms with Crippen molar-refractivity contribution in [2.24, 2.45) is 11.7 Å². The number of hydrogen-bond acceptors (Lipinski definition) is 4. The number of benzene rings is 1. The first-order chi connectivity index (χ1) is 9.78. The third-order valence-electron chi connectivity index (χ3n) is 4.04. The molecular weight excluding hydrogens is 256 g/mol. The standard InChI is InChI=1S/C15H20N2O3/c16-9-11-5-7-17(8-6-11)15(18)14-10-19-12-3-1-2-4-13(12)20-14/h1-4,11,14H,5-10,16H2/t14-/m1/s1. The smallest absolute Gasteiger partial charge is 0.267 e. The van der Waals surface area contributed by atoms with E-state index < -0.39 is 6.10 Å². The molecule has 0 spiro atoms. The number of ether oxygens (including phenoxy) is 2. The van der Waals surface area contributed by atoms with Crippen molar-refractivity contribution in [2.45, 2.75) is 18.9 Å². The fraction of sp³-hybridized carbons (Fsp3) is 0.533. The van der Waals surface area contributed by atoms with Crippen molar-refractivity contribution in [3.05, 3.63) is 24.3 Å². The highest BCUT2D eigenvalue weighted by atomic mass is 16.6. The molecular formula is C15H20N2O3. The molecule has 0 radical (unpaired) electrons.